The Morgan fingerprint density at radius 1 is 0.758 bits per heavy atom. The first kappa shape index (κ1) is 22.6. The lowest BCUT2D eigenvalue weighted by Gasteiger charge is -2.30. The molecule has 0 amide bonds. The van der Waals surface area contributed by atoms with Crippen LogP contribution in [0.2, 0.25) is 0 Å². The molecule has 1 aliphatic heterocycles. The summed E-state index contributed by atoms with van der Waals surface area (Å²) < 4.78 is 11.1. The van der Waals surface area contributed by atoms with Crippen LogP contribution in [0.15, 0.2) is 48.5 Å². The standard InChI is InChI=1S/C25H32N6O2/c1-4-32-21-10-6-19(7-11-21)26-23-28-24(27-20-8-12-22(13-9-20)33-5-2)30-25(29-23)31-16-14-18(3)15-17-31/h6-13,18H,4-5,14-17H2,1-3H3,(H2,26,27,28,29,30). The van der Waals surface area contributed by atoms with Crippen LogP contribution in [-0.4, -0.2) is 41.3 Å². The number of rotatable bonds is 9. The molecule has 8 nitrogen and oxygen atoms in total. The van der Waals surface area contributed by atoms with Crippen LogP contribution < -0.4 is 25.0 Å². The van der Waals surface area contributed by atoms with E-state index >= 15 is 0 Å². The maximum Gasteiger partial charge on any atom is 0.233 e. The zero-order valence-corrected chi connectivity index (χ0v) is 19.5. The third-order valence-electron chi connectivity index (χ3n) is 5.53. The predicted octanol–water partition coefficient (Wildman–Crippen LogP) is 5.39. The molecule has 2 N–H and O–H groups in total. The van der Waals surface area contributed by atoms with Crippen molar-refractivity contribution >= 4 is 29.2 Å². The van der Waals surface area contributed by atoms with Crippen LogP contribution in [0, 0.1) is 5.92 Å². The monoisotopic (exact) mass is 448 g/mol. The van der Waals surface area contributed by atoms with Gasteiger partial charge in [-0.3, -0.25) is 0 Å². The predicted molar refractivity (Wildman–Crippen MR) is 132 cm³/mol. The fourth-order valence-corrected chi connectivity index (χ4v) is 3.69. The Balaban J connectivity index is 1.57. The van der Waals surface area contributed by atoms with Gasteiger partial charge in [-0.1, -0.05) is 6.92 Å². The molecule has 1 aliphatic rings. The zero-order chi connectivity index (χ0) is 23.0. The van der Waals surface area contributed by atoms with Crippen molar-refractivity contribution in [3.8, 4) is 11.5 Å². The second-order valence-corrected chi connectivity index (χ2v) is 8.12. The minimum atomic E-state index is 0.496. The summed E-state index contributed by atoms with van der Waals surface area (Å²) in [7, 11) is 0. The maximum absolute atomic E-state index is 5.53. The van der Waals surface area contributed by atoms with E-state index < -0.39 is 0 Å². The summed E-state index contributed by atoms with van der Waals surface area (Å²) in [6, 6.07) is 15.5. The van der Waals surface area contributed by atoms with Crippen molar-refractivity contribution in [2.45, 2.75) is 33.6 Å². The van der Waals surface area contributed by atoms with Gasteiger partial charge in [0, 0.05) is 24.5 Å². The van der Waals surface area contributed by atoms with E-state index in [1.807, 2.05) is 62.4 Å². The molecule has 1 saturated heterocycles. The Hall–Kier alpha value is -3.55. The molecular formula is C25H32N6O2. The second-order valence-electron chi connectivity index (χ2n) is 8.12. The summed E-state index contributed by atoms with van der Waals surface area (Å²) in [4.78, 5) is 16.3. The average molecular weight is 449 g/mol. The Bertz CT molecular complexity index is 948. The highest BCUT2D eigenvalue weighted by atomic mass is 16.5. The first-order valence-electron chi connectivity index (χ1n) is 11.6. The third kappa shape index (κ3) is 6.25. The number of hydrogen-bond donors (Lipinski definition) is 2. The Morgan fingerprint density at radius 3 is 1.64 bits per heavy atom. The number of anilines is 5. The van der Waals surface area contributed by atoms with E-state index in [1.54, 1.807) is 0 Å². The summed E-state index contributed by atoms with van der Waals surface area (Å²) >= 11 is 0. The Morgan fingerprint density at radius 2 is 1.21 bits per heavy atom. The topological polar surface area (TPSA) is 84.4 Å². The van der Waals surface area contributed by atoms with Crippen molar-refractivity contribution in [2.24, 2.45) is 5.92 Å². The highest BCUT2D eigenvalue weighted by Crippen LogP contribution is 2.25. The van der Waals surface area contributed by atoms with E-state index in [0.717, 1.165) is 54.7 Å². The van der Waals surface area contributed by atoms with Gasteiger partial charge >= 0.3 is 0 Å². The van der Waals surface area contributed by atoms with Crippen LogP contribution in [0.5, 0.6) is 11.5 Å². The molecule has 0 atom stereocenters. The lowest BCUT2D eigenvalue weighted by Crippen LogP contribution is -2.34. The van der Waals surface area contributed by atoms with E-state index in [1.165, 1.54) is 0 Å². The number of hydrogen-bond acceptors (Lipinski definition) is 8. The van der Waals surface area contributed by atoms with Crippen LogP contribution in [0.3, 0.4) is 0 Å². The normalized spacial score (nSPS) is 14.1. The van der Waals surface area contributed by atoms with Gasteiger partial charge in [0.2, 0.25) is 17.8 Å². The number of nitrogens with one attached hydrogen (secondary N) is 2. The van der Waals surface area contributed by atoms with Crippen LogP contribution in [-0.2, 0) is 0 Å². The Labute approximate surface area is 195 Å². The van der Waals surface area contributed by atoms with E-state index in [9.17, 15) is 0 Å². The maximum atomic E-state index is 5.53. The van der Waals surface area contributed by atoms with E-state index in [2.05, 4.69) is 27.4 Å². The fourth-order valence-electron chi connectivity index (χ4n) is 3.69. The molecule has 8 heteroatoms. The molecule has 3 aromatic rings. The number of piperidine rings is 1. The van der Waals surface area contributed by atoms with Crippen LogP contribution in [0.25, 0.3) is 0 Å². The van der Waals surface area contributed by atoms with Gasteiger partial charge in [0.05, 0.1) is 13.2 Å². The van der Waals surface area contributed by atoms with Crippen molar-refractivity contribution in [3.05, 3.63) is 48.5 Å². The summed E-state index contributed by atoms with van der Waals surface area (Å²) in [5, 5.41) is 6.62. The van der Waals surface area contributed by atoms with Gasteiger partial charge in [0.15, 0.2) is 0 Å². The molecule has 174 valence electrons. The Kier molecular flexibility index (Phi) is 7.44. The molecule has 4 rings (SSSR count). The summed E-state index contributed by atoms with van der Waals surface area (Å²) in [6.07, 6.45) is 2.27. The van der Waals surface area contributed by atoms with Crippen LogP contribution in [0.1, 0.15) is 33.6 Å². The van der Waals surface area contributed by atoms with E-state index in [0.29, 0.717) is 31.1 Å². The van der Waals surface area contributed by atoms with Crippen molar-refractivity contribution in [2.75, 3.05) is 41.8 Å². The molecule has 0 spiro atoms. The molecule has 1 aromatic heterocycles. The first-order chi connectivity index (χ1) is 16.1. The van der Waals surface area contributed by atoms with Crippen molar-refractivity contribution in [3.63, 3.8) is 0 Å². The van der Waals surface area contributed by atoms with Gasteiger partial charge < -0.3 is 25.0 Å². The molecular weight excluding hydrogens is 416 g/mol. The number of aromatic nitrogens is 3. The molecule has 0 saturated carbocycles. The number of benzene rings is 2. The molecule has 0 unspecified atom stereocenters. The van der Waals surface area contributed by atoms with Gasteiger partial charge in [-0.25, -0.2) is 0 Å². The number of nitrogens with zero attached hydrogens (tertiary/aromatic N) is 4. The lowest BCUT2D eigenvalue weighted by atomic mass is 10.00. The molecule has 0 bridgehead atoms. The van der Waals surface area contributed by atoms with Crippen molar-refractivity contribution < 1.29 is 9.47 Å². The summed E-state index contributed by atoms with van der Waals surface area (Å²) in [5.41, 5.74) is 1.77. The molecule has 2 aromatic carbocycles. The third-order valence-corrected chi connectivity index (χ3v) is 5.53. The minimum absolute atomic E-state index is 0.496. The van der Waals surface area contributed by atoms with Gasteiger partial charge in [-0.2, -0.15) is 15.0 Å². The minimum Gasteiger partial charge on any atom is -0.494 e. The van der Waals surface area contributed by atoms with E-state index in [4.69, 9.17) is 19.4 Å². The molecule has 0 radical (unpaired) electrons. The van der Waals surface area contributed by atoms with Gasteiger partial charge in [-0.15, -0.1) is 0 Å². The molecule has 33 heavy (non-hydrogen) atoms. The summed E-state index contributed by atoms with van der Waals surface area (Å²) in [6.45, 7) is 9.39. The van der Waals surface area contributed by atoms with Gasteiger partial charge in [0.1, 0.15) is 11.5 Å². The molecule has 2 heterocycles. The van der Waals surface area contributed by atoms with E-state index in [-0.39, 0.29) is 0 Å². The van der Waals surface area contributed by atoms with Crippen LogP contribution in [0.4, 0.5) is 29.2 Å². The van der Waals surface area contributed by atoms with Crippen molar-refractivity contribution in [1.29, 1.82) is 0 Å². The molecule has 1 fully saturated rings. The van der Waals surface area contributed by atoms with Gasteiger partial charge in [0.25, 0.3) is 0 Å². The molecule has 0 aliphatic carbocycles. The van der Waals surface area contributed by atoms with Gasteiger partial charge in [-0.05, 0) is 81.1 Å². The first-order valence-corrected chi connectivity index (χ1v) is 11.6. The smallest absolute Gasteiger partial charge is 0.233 e. The summed E-state index contributed by atoms with van der Waals surface area (Å²) in [5.74, 6) is 4.07. The van der Waals surface area contributed by atoms with Crippen LogP contribution >= 0.6 is 0 Å². The lowest BCUT2D eigenvalue weighted by molar-refractivity contribution is 0.340. The highest BCUT2D eigenvalue weighted by Gasteiger charge is 2.20. The van der Waals surface area contributed by atoms with Crippen molar-refractivity contribution in [1.82, 2.24) is 15.0 Å². The largest absolute Gasteiger partial charge is 0.494 e. The quantitative estimate of drug-likeness (QED) is 0.451. The average Bonchev–Trinajstić information content (AvgIpc) is 2.82. The number of ether oxygens (including phenoxy) is 2. The zero-order valence-electron chi connectivity index (χ0n) is 19.5. The SMILES string of the molecule is CCOc1ccc(Nc2nc(Nc3ccc(OCC)cc3)nc(N3CCC(C)CC3)n2)cc1. The highest BCUT2D eigenvalue weighted by molar-refractivity contribution is 5.60. The second kappa shape index (κ2) is 10.8. The fraction of sp³-hybridized carbons (Fsp3) is 0.400.